The highest BCUT2D eigenvalue weighted by molar-refractivity contribution is 6.17. The summed E-state index contributed by atoms with van der Waals surface area (Å²) in [5, 5.41) is 0. The van der Waals surface area contributed by atoms with Crippen LogP contribution in [0.3, 0.4) is 0 Å². The minimum absolute atomic E-state index is 0.465. The molecule has 96 valence electrons. The van der Waals surface area contributed by atoms with Crippen LogP contribution in [-0.2, 0) is 0 Å². The van der Waals surface area contributed by atoms with Crippen LogP contribution in [-0.4, -0.2) is 20.1 Å². The number of hydrogen-bond acceptors (Lipinski definition) is 2. The van der Waals surface area contributed by atoms with Gasteiger partial charge in [-0.25, -0.2) is 0 Å². The topological polar surface area (TPSA) is 18.5 Å². The van der Waals surface area contributed by atoms with E-state index in [4.69, 9.17) is 21.1 Å². The van der Waals surface area contributed by atoms with Gasteiger partial charge < -0.3 is 9.47 Å². The van der Waals surface area contributed by atoms with Crippen molar-refractivity contribution in [1.29, 1.82) is 0 Å². The lowest BCUT2D eigenvalue weighted by Gasteiger charge is -2.21. The van der Waals surface area contributed by atoms with Crippen LogP contribution in [0.5, 0.6) is 11.5 Å². The summed E-state index contributed by atoms with van der Waals surface area (Å²) in [6.45, 7) is 4.43. The van der Waals surface area contributed by atoms with Crippen molar-refractivity contribution in [3.8, 4) is 11.5 Å². The molecule has 0 N–H and O–H groups in total. The van der Waals surface area contributed by atoms with E-state index in [1.165, 1.54) is 5.56 Å². The minimum Gasteiger partial charge on any atom is -0.493 e. The van der Waals surface area contributed by atoms with E-state index < -0.39 is 0 Å². The lowest BCUT2D eigenvalue weighted by Crippen LogP contribution is -2.08. The summed E-state index contributed by atoms with van der Waals surface area (Å²) in [7, 11) is 3.31. The summed E-state index contributed by atoms with van der Waals surface area (Å²) in [6, 6.07) is 6.10. The maximum Gasteiger partial charge on any atom is 0.160 e. The van der Waals surface area contributed by atoms with E-state index >= 15 is 0 Å². The lowest BCUT2D eigenvalue weighted by molar-refractivity contribution is 0.353. The van der Waals surface area contributed by atoms with Crippen LogP contribution in [0.1, 0.15) is 31.7 Å². The van der Waals surface area contributed by atoms with Gasteiger partial charge in [0, 0.05) is 5.88 Å². The van der Waals surface area contributed by atoms with Crippen molar-refractivity contribution in [2.24, 2.45) is 5.92 Å². The van der Waals surface area contributed by atoms with E-state index in [1.807, 2.05) is 6.07 Å². The van der Waals surface area contributed by atoms with E-state index in [1.54, 1.807) is 14.2 Å². The van der Waals surface area contributed by atoms with Crippen LogP contribution in [0.4, 0.5) is 0 Å². The summed E-state index contributed by atoms with van der Waals surface area (Å²) < 4.78 is 10.6. The van der Waals surface area contributed by atoms with Gasteiger partial charge in [-0.05, 0) is 36.0 Å². The molecular weight excluding hydrogens is 236 g/mol. The number of benzene rings is 1. The molecule has 0 aromatic heterocycles. The molecular formula is C14H21ClO2. The first-order valence-electron chi connectivity index (χ1n) is 5.91. The van der Waals surface area contributed by atoms with Crippen LogP contribution in [0.15, 0.2) is 18.2 Å². The first kappa shape index (κ1) is 14.2. The number of ether oxygens (including phenoxy) is 2. The first-order valence-corrected chi connectivity index (χ1v) is 6.45. The third-order valence-electron chi connectivity index (χ3n) is 3.06. The van der Waals surface area contributed by atoms with Gasteiger partial charge in [-0.15, -0.1) is 11.6 Å². The molecule has 0 amide bonds. The number of alkyl halides is 1. The van der Waals surface area contributed by atoms with Crippen molar-refractivity contribution in [3.05, 3.63) is 23.8 Å². The minimum atomic E-state index is 0.465. The highest BCUT2D eigenvalue weighted by atomic mass is 35.5. The average Bonchev–Trinajstić information content (AvgIpc) is 2.34. The molecule has 1 unspecified atom stereocenters. The van der Waals surface area contributed by atoms with Crippen molar-refractivity contribution in [1.82, 2.24) is 0 Å². The van der Waals surface area contributed by atoms with Gasteiger partial charge in [-0.2, -0.15) is 0 Å². The van der Waals surface area contributed by atoms with Crippen LogP contribution in [0, 0.1) is 5.92 Å². The Morgan fingerprint density at radius 3 is 2.24 bits per heavy atom. The predicted octanol–water partition coefficient (Wildman–Crippen LogP) is 4.07. The Kier molecular flexibility index (Phi) is 5.63. The molecule has 0 radical (unpaired) electrons. The number of halogens is 1. The third-order valence-corrected chi connectivity index (χ3v) is 3.28. The molecule has 17 heavy (non-hydrogen) atoms. The van der Waals surface area contributed by atoms with Gasteiger partial charge in [0.15, 0.2) is 11.5 Å². The summed E-state index contributed by atoms with van der Waals surface area (Å²) in [5.74, 6) is 3.26. The largest absolute Gasteiger partial charge is 0.493 e. The van der Waals surface area contributed by atoms with Gasteiger partial charge >= 0.3 is 0 Å². The van der Waals surface area contributed by atoms with Crippen molar-refractivity contribution in [2.45, 2.75) is 26.2 Å². The summed E-state index contributed by atoms with van der Waals surface area (Å²) in [5.41, 5.74) is 1.26. The molecule has 0 saturated carbocycles. The zero-order chi connectivity index (χ0) is 12.8. The van der Waals surface area contributed by atoms with Crippen molar-refractivity contribution < 1.29 is 9.47 Å². The molecule has 1 aromatic carbocycles. The average molecular weight is 257 g/mol. The van der Waals surface area contributed by atoms with E-state index in [2.05, 4.69) is 26.0 Å². The fraction of sp³-hybridized carbons (Fsp3) is 0.571. The molecule has 0 fully saturated rings. The lowest BCUT2D eigenvalue weighted by atomic mass is 9.86. The summed E-state index contributed by atoms with van der Waals surface area (Å²) in [4.78, 5) is 0. The van der Waals surface area contributed by atoms with Gasteiger partial charge in [0.1, 0.15) is 0 Å². The molecule has 0 bridgehead atoms. The molecule has 1 rings (SSSR count). The molecule has 0 aliphatic carbocycles. The van der Waals surface area contributed by atoms with E-state index in [0.29, 0.717) is 17.7 Å². The van der Waals surface area contributed by atoms with Gasteiger partial charge in [-0.3, -0.25) is 0 Å². The monoisotopic (exact) mass is 256 g/mol. The maximum absolute atomic E-state index is 5.87. The SMILES string of the molecule is COc1ccc(C(CCCl)C(C)C)cc1OC. The van der Waals surface area contributed by atoms with Crippen LogP contribution >= 0.6 is 11.6 Å². The molecule has 2 nitrogen and oxygen atoms in total. The molecule has 0 aliphatic heterocycles. The molecule has 0 aliphatic rings. The molecule has 1 atom stereocenters. The Morgan fingerprint density at radius 2 is 1.76 bits per heavy atom. The van der Waals surface area contributed by atoms with Gasteiger partial charge in [-0.1, -0.05) is 19.9 Å². The summed E-state index contributed by atoms with van der Waals surface area (Å²) in [6.07, 6.45) is 0.981. The van der Waals surface area contributed by atoms with E-state index in [9.17, 15) is 0 Å². The zero-order valence-electron chi connectivity index (χ0n) is 11.0. The quantitative estimate of drug-likeness (QED) is 0.715. The van der Waals surface area contributed by atoms with Crippen LogP contribution < -0.4 is 9.47 Å². The fourth-order valence-corrected chi connectivity index (χ4v) is 2.32. The molecule has 1 aromatic rings. The predicted molar refractivity (Wildman–Crippen MR) is 72.5 cm³/mol. The Balaban J connectivity index is 3.03. The second-order valence-electron chi connectivity index (χ2n) is 4.44. The van der Waals surface area contributed by atoms with E-state index in [0.717, 1.165) is 17.9 Å². The zero-order valence-corrected chi connectivity index (χ0v) is 11.8. The highest BCUT2D eigenvalue weighted by Gasteiger charge is 2.17. The van der Waals surface area contributed by atoms with Crippen LogP contribution in [0.25, 0.3) is 0 Å². The number of rotatable bonds is 6. The molecule has 0 saturated heterocycles. The first-order chi connectivity index (χ1) is 8.13. The molecule has 0 heterocycles. The normalized spacial score (nSPS) is 12.6. The maximum atomic E-state index is 5.87. The number of methoxy groups -OCH3 is 2. The van der Waals surface area contributed by atoms with Gasteiger partial charge in [0.05, 0.1) is 14.2 Å². The highest BCUT2D eigenvalue weighted by Crippen LogP contribution is 2.35. The van der Waals surface area contributed by atoms with Gasteiger partial charge in [0.2, 0.25) is 0 Å². The Hall–Kier alpha value is -0.890. The Morgan fingerprint density at radius 1 is 1.12 bits per heavy atom. The summed E-state index contributed by atoms with van der Waals surface area (Å²) >= 11 is 5.87. The van der Waals surface area contributed by atoms with E-state index in [-0.39, 0.29) is 0 Å². The Bertz CT molecular complexity index is 350. The smallest absolute Gasteiger partial charge is 0.160 e. The third kappa shape index (κ3) is 3.53. The number of hydrogen-bond donors (Lipinski definition) is 0. The van der Waals surface area contributed by atoms with Crippen molar-refractivity contribution >= 4 is 11.6 Å². The second kappa shape index (κ2) is 6.75. The second-order valence-corrected chi connectivity index (χ2v) is 4.82. The molecule has 3 heteroatoms. The standard InChI is InChI=1S/C14H21ClO2/c1-10(2)12(7-8-15)11-5-6-13(16-3)14(9-11)17-4/h5-6,9-10,12H,7-8H2,1-4H3. The fourth-order valence-electron chi connectivity index (χ4n) is 2.09. The van der Waals surface area contributed by atoms with Crippen LogP contribution in [0.2, 0.25) is 0 Å². The van der Waals surface area contributed by atoms with Gasteiger partial charge in [0.25, 0.3) is 0 Å². The van der Waals surface area contributed by atoms with Crippen molar-refractivity contribution in [2.75, 3.05) is 20.1 Å². The Labute approximate surface area is 109 Å². The van der Waals surface area contributed by atoms with Crippen molar-refractivity contribution in [3.63, 3.8) is 0 Å². The molecule has 0 spiro atoms.